The second-order valence-electron chi connectivity index (χ2n) is 5.08. The molecule has 1 N–H and O–H groups in total. The van der Waals surface area contributed by atoms with Crippen LogP contribution >= 0.6 is 11.3 Å². The molecule has 0 saturated heterocycles. The number of anilines is 1. The highest BCUT2D eigenvalue weighted by atomic mass is 32.1. The molecule has 2 aromatic heterocycles. The Morgan fingerprint density at radius 1 is 1.35 bits per heavy atom. The molecule has 5 heteroatoms. The molecule has 0 amide bonds. The summed E-state index contributed by atoms with van der Waals surface area (Å²) in [6, 6.07) is 2.22. The van der Waals surface area contributed by atoms with Gasteiger partial charge in [0.25, 0.3) is 0 Å². The maximum Gasteiger partial charge on any atom is 0.147 e. The molecule has 0 unspecified atom stereocenters. The van der Waals surface area contributed by atoms with Crippen molar-refractivity contribution in [2.24, 2.45) is 0 Å². The Labute approximate surface area is 123 Å². The smallest absolute Gasteiger partial charge is 0.147 e. The summed E-state index contributed by atoms with van der Waals surface area (Å²) in [5.74, 6) is 0.987. The first-order valence-electron chi connectivity index (χ1n) is 7.18. The van der Waals surface area contributed by atoms with Gasteiger partial charge in [-0.1, -0.05) is 6.92 Å². The third-order valence-corrected chi connectivity index (χ3v) is 4.58. The monoisotopic (exact) mass is 288 g/mol. The van der Waals surface area contributed by atoms with Crippen LogP contribution in [-0.2, 0) is 19.5 Å². The van der Waals surface area contributed by atoms with E-state index in [9.17, 15) is 0 Å². The molecule has 3 heterocycles. The quantitative estimate of drug-likeness (QED) is 0.859. The Hall–Kier alpha value is -1.46. The fourth-order valence-electron chi connectivity index (χ4n) is 2.44. The van der Waals surface area contributed by atoms with Gasteiger partial charge in [0.05, 0.1) is 18.1 Å². The highest BCUT2D eigenvalue weighted by Crippen LogP contribution is 2.26. The molecule has 0 fully saturated rings. The van der Waals surface area contributed by atoms with E-state index in [-0.39, 0.29) is 0 Å². The minimum Gasteiger partial charge on any atom is -0.351 e. The van der Waals surface area contributed by atoms with Gasteiger partial charge in [-0.15, -0.1) is 11.3 Å². The van der Waals surface area contributed by atoms with Gasteiger partial charge in [0.1, 0.15) is 5.82 Å². The normalized spacial score (nSPS) is 14.3. The molecule has 4 nitrogen and oxygen atoms in total. The van der Waals surface area contributed by atoms with Crippen molar-refractivity contribution in [3.8, 4) is 0 Å². The van der Waals surface area contributed by atoms with Crippen LogP contribution in [0.25, 0.3) is 0 Å². The first-order valence-corrected chi connectivity index (χ1v) is 8.06. The lowest BCUT2D eigenvalue weighted by Crippen LogP contribution is -2.30. The predicted octanol–water partition coefficient (Wildman–Crippen LogP) is 2.60. The fourth-order valence-corrected chi connectivity index (χ4v) is 3.33. The summed E-state index contributed by atoms with van der Waals surface area (Å²) in [7, 11) is 0. The molecule has 2 aromatic rings. The van der Waals surface area contributed by atoms with Crippen LogP contribution < -0.4 is 10.2 Å². The lowest BCUT2D eigenvalue weighted by atomic mass is 10.1. The van der Waals surface area contributed by atoms with Crippen molar-refractivity contribution < 1.29 is 0 Å². The molecule has 0 saturated carbocycles. The van der Waals surface area contributed by atoms with E-state index in [0.29, 0.717) is 0 Å². The number of nitrogens with one attached hydrogen (secondary N) is 1. The molecular formula is C15H20N4S. The van der Waals surface area contributed by atoms with E-state index in [1.165, 1.54) is 10.4 Å². The summed E-state index contributed by atoms with van der Waals surface area (Å²) < 4.78 is 0. The minimum atomic E-state index is 0.801. The molecule has 1 aliphatic heterocycles. The lowest BCUT2D eigenvalue weighted by molar-refractivity contribution is 0.659. The van der Waals surface area contributed by atoms with E-state index in [1.807, 2.05) is 23.7 Å². The molecule has 20 heavy (non-hydrogen) atoms. The number of hydrogen-bond acceptors (Lipinski definition) is 5. The number of hydrogen-bond donors (Lipinski definition) is 1. The number of aromatic nitrogens is 2. The Kier molecular flexibility index (Phi) is 4.28. The van der Waals surface area contributed by atoms with E-state index in [4.69, 9.17) is 0 Å². The summed E-state index contributed by atoms with van der Waals surface area (Å²) in [4.78, 5) is 12.9. The van der Waals surface area contributed by atoms with Crippen molar-refractivity contribution in [1.29, 1.82) is 0 Å². The summed E-state index contributed by atoms with van der Waals surface area (Å²) in [5, 5.41) is 5.53. The van der Waals surface area contributed by atoms with Crippen LogP contribution in [0.1, 0.15) is 29.5 Å². The van der Waals surface area contributed by atoms with Crippen molar-refractivity contribution in [2.45, 2.75) is 32.9 Å². The zero-order valence-electron chi connectivity index (χ0n) is 11.8. The Morgan fingerprint density at radius 2 is 2.30 bits per heavy atom. The van der Waals surface area contributed by atoms with Crippen LogP contribution in [0.5, 0.6) is 0 Å². The Balaban J connectivity index is 1.63. The SMILES string of the molecule is CCCNCc1cnc(N2CCc3sccc3C2)cn1. The van der Waals surface area contributed by atoms with Gasteiger partial charge in [-0.25, -0.2) is 4.98 Å². The highest BCUT2D eigenvalue weighted by Gasteiger charge is 2.18. The van der Waals surface area contributed by atoms with Crippen molar-refractivity contribution in [1.82, 2.24) is 15.3 Å². The topological polar surface area (TPSA) is 41.1 Å². The number of thiophene rings is 1. The lowest BCUT2D eigenvalue weighted by Gasteiger charge is -2.27. The molecular weight excluding hydrogens is 268 g/mol. The van der Waals surface area contributed by atoms with Gasteiger partial charge in [0.2, 0.25) is 0 Å². The molecule has 0 radical (unpaired) electrons. The summed E-state index contributed by atoms with van der Waals surface area (Å²) in [6.07, 6.45) is 6.05. The average Bonchev–Trinajstić information content (AvgIpc) is 2.96. The second kappa shape index (κ2) is 6.33. The van der Waals surface area contributed by atoms with E-state index in [1.54, 1.807) is 0 Å². The third-order valence-electron chi connectivity index (χ3n) is 3.56. The van der Waals surface area contributed by atoms with Crippen LogP contribution in [-0.4, -0.2) is 23.1 Å². The van der Waals surface area contributed by atoms with Gasteiger partial charge >= 0.3 is 0 Å². The largest absolute Gasteiger partial charge is 0.351 e. The van der Waals surface area contributed by atoms with Crippen molar-refractivity contribution >= 4 is 17.2 Å². The summed E-state index contributed by atoms with van der Waals surface area (Å²) >= 11 is 1.87. The zero-order valence-corrected chi connectivity index (χ0v) is 12.6. The van der Waals surface area contributed by atoms with Crippen LogP contribution in [0.3, 0.4) is 0 Å². The van der Waals surface area contributed by atoms with Crippen LogP contribution in [0, 0.1) is 0 Å². The van der Waals surface area contributed by atoms with Crippen molar-refractivity contribution in [3.05, 3.63) is 40.0 Å². The Morgan fingerprint density at radius 3 is 3.10 bits per heavy atom. The van der Waals surface area contributed by atoms with E-state index in [2.05, 4.69) is 38.6 Å². The predicted molar refractivity (Wildman–Crippen MR) is 83.1 cm³/mol. The minimum absolute atomic E-state index is 0.801. The zero-order chi connectivity index (χ0) is 13.8. The molecule has 0 spiro atoms. The van der Waals surface area contributed by atoms with Gasteiger partial charge < -0.3 is 10.2 Å². The number of rotatable bonds is 5. The highest BCUT2D eigenvalue weighted by molar-refractivity contribution is 7.10. The van der Waals surface area contributed by atoms with E-state index < -0.39 is 0 Å². The third kappa shape index (κ3) is 2.99. The van der Waals surface area contributed by atoms with Crippen molar-refractivity contribution in [2.75, 3.05) is 18.0 Å². The molecule has 0 aromatic carbocycles. The molecule has 3 rings (SSSR count). The summed E-state index contributed by atoms with van der Waals surface area (Å²) in [5.41, 5.74) is 2.45. The molecule has 0 aliphatic carbocycles. The second-order valence-corrected chi connectivity index (χ2v) is 6.08. The summed E-state index contributed by atoms with van der Waals surface area (Å²) in [6.45, 7) is 5.99. The molecule has 1 aliphatic rings. The molecule has 0 bridgehead atoms. The number of fused-ring (bicyclic) bond motifs is 1. The molecule has 106 valence electrons. The van der Waals surface area contributed by atoms with Crippen molar-refractivity contribution in [3.63, 3.8) is 0 Å². The maximum atomic E-state index is 4.57. The number of nitrogens with zero attached hydrogens (tertiary/aromatic N) is 3. The average molecular weight is 288 g/mol. The van der Waals surface area contributed by atoms with Gasteiger partial charge in [0.15, 0.2) is 0 Å². The van der Waals surface area contributed by atoms with Crippen LogP contribution in [0.2, 0.25) is 0 Å². The standard InChI is InChI=1S/C15H20N4S/c1-2-5-16-8-13-9-18-15(10-17-13)19-6-3-14-12(11-19)4-7-20-14/h4,7,9-10,16H,2-3,5-6,8,11H2,1H3. The van der Waals surface area contributed by atoms with Crippen LogP contribution in [0.15, 0.2) is 23.8 Å². The Bertz CT molecular complexity index is 549. The van der Waals surface area contributed by atoms with Gasteiger partial charge in [-0.05, 0) is 36.4 Å². The van der Waals surface area contributed by atoms with E-state index >= 15 is 0 Å². The van der Waals surface area contributed by atoms with Crippen LogP contribution in [0.4, 0.5) is 5.82 Å². The fraction of sp³-hybridized carbons (Fsp3) is 0.467. The maximum absolute atomic E-state index is 4.57. The van der Waals surface area contributed by atoms with Gasteiger partial charge in [-0.2, -0.15) is 0 Å². The van der Waals surface area contributed by atoms with E-state index in [0.717, 1.165) is 50.5 Å². The first kappa shape index (κ1) is 13.5. The first-order chi connectivity index (χ1) is 9.86. The van der Waals surface area contributed by atoms with Gasteiger partial charge in [-0.3, -0.25) is 4.98 Å². The molecule has 0 atom stereocenters. The van der Waals surface area contributed by atoms with Gasteiger partial charge in [0, 0.05) is 24.5 Å².